The number of benzene rings is 1. The summed E-state index contributed by atoms with van der Waals surface area (Å²) in [7, 11) is -3.94. The first-order valence-electron chi connectivity index (χ1n) is 12.3. The number of imidazole rings is 1. The van der Waals surface area contributed by atoms with Crippen molar-refractivity contribution in [3.8, 4) is 11.3 Å². The van der Waals surface area contributed by atoms with Crippen molar-refractivity contribution in [1.82, 2.24) is 24.0 Å². The van der Waals surface area contributed by atoms with Crippen LogP contribution in [0.15, 0.2) is 35.5 Å². The predicted octanol–water partition coefficient (Wildman–Crippen LogP) is 4.48. The molecule has 1 aliphatic rings. The van der Waals surface area contributed by atoms with Crippen molar-refractivity contribution in [3.63, 3.8) is 0 Å². The maximum Gasteiger partial charge on any atom is 0.434 e. The van der Waals surface area contributed by atoms with Crippen LogP contribution in [0.25, 0.3) is 16.9 Å². The van der Waals surface area contributed by atoms with E-state index in [2.05, 4.69) is 15.3 Å². The number of aryl methyl sites for hydroxylation is 1. The number of alkyl halides is 3. The number of halogens is 3. The third-order valence-electron chi connectivity index (χ3n) is 6.35. The SMILES string of the molecule is Cc1ccc(S(=O)(=O)N2CCCC(CNC(=O)OC(C)(C)C)C2)cc1-c1cnc2c(N)nc(C(F)(F)F)cn12.[HH]. The van der Waals surface area contributed by atoms with E-state index in [1.807, 2.05) is 0 Å². The lowest BCUT2D eigenvalue weighted by Gasteiger charge is -2.32. The van der Waals surface area contributed by atoms with Gasteiger partial charge < -0.3 is 15.8 Å². The first-order chi connectivity index (χ1) is 18.1. The van der Waals surface area contributed by atoms with Gasteiger partial charge in [0.15, 0.2) is 17.2 Å². The monoisotopic (exact) mass is 570 g/mol. The number of nitrogens with one attached hydrogen (secondary N) is 1. The van der Waals surface area contributed by atoms with Gasteiger partial charge in [-0.25, -0.2) is 23.2 Å². The molecule has 3 heterocycles. The van der Waals surface area contributed by atoms with Gasteiger partial charge in [0, 0.05) is 32.8 Å². The molecular formula is C25H33F3N6O4S. The number of anilines is 1. The fourth-order valence-corrected chi connectivity index (χ4v) is 6.07. The van der Waals surface area contributed by atoms with Crippen LogP contribution in [0, 0.1) is 12.8 Å². The summed E-state index contributed by atoms with van der Waals surface area (Å²) in [4.78, 5) is 19.5. The highest BCUT2D eigenvalue weighted by Crippen LogP contribution is 2.33. The number of nitrogens with zero attached hydrogens (tertiary/aromatic N) is 4. The van der Waals surface area contributed by atoms with Crippen LogP contribution >= 0.6 is 0 Å². The highest BCUT2D eigenvalue weighted by atomic mass is 32.2. The number of rotatable bonds is 5. The number of ether oxygens (including phenoxy) is 1. The van der Waals surface area contributed by atoms with E-state index in [0.29, 0.717) is 24.1 Å². The average molecular weight is 571 g/mol. The quantitative estimate of drug-likeness (QED) is 0.462. The number of aromatic nitrogens is 3. The van der Waals surface area contributed by atoms with Gasteiger partial charge in [-0.15, -0.1) is 0 Å². The van der Waals surface area contributed by atoms with Crippen LogP contribution in [0.3, 0.4) is 0 Å². The Morgan fingerprint density at radius 2 is 2.00 bits per heavy atom. The molecule has 39 heavy (non-hydrogen) atoms. The van der Waals surface area contributed by atoms with E-state index in [0.717, 1.165) is 12.6 Å². The molecule has 1 amide bonds. The number of carbonyl (C=O) groups excluding carboxylic acids is 1. The number of nitrogens with two attached hydrogens (primary N) is 1. The molecule has 0 radical (unpaired) electrons. The molecule has 1 saturated heterocycles. The molecule has 2 aromatic heterocycles. The number of nitrogen functional groups attached to an aromatic ring is 1. The minimum atomic E-state index is -4.73. The second kappa shape index (κ2) is 10.3. The number of sulfonamides is 1. The number of fused-ring (bicyclic) bond motifs is 1. The molecule has 10 nitrogen and oxygen atoms in total. The van der Waals surface area contributed by atoms with E-state index >= 15 is 0 Å². The normalized spacial score (nSPS) is 17.4. The minimum Gasteiger partial charge on any atom is -0.444 e. The molecule has 1 aromatic carbocycles. The molecule has 1 fully saturated rings. The molecule has 3 aromatic rings. The van der Waals surface area contributed by atoms with E-state index < -0.39 is 39.4 Å². The molecule has 214 valence electrons. The van der Waals surface area contributed by atoms with Gasteiger partial charge in [0.05, 0.1) is 16.8 Å². The summed E-state index contributed by atoms with van der Waals surface area (Å²) in [5.74, 6) is -0.502. The molecule has 1 aliphatic heterocycles. The fraction of sp³-hybridized carbons (Fsp3) is 0.480. The Morgan fingerprint density at radius 3 is 2.67 bits per heavy atom. The van der Waals surface area contributed by atoms with Crippen molar-refractivity contribution < 1.29 is 32.5 Å². The van der Waals surface area contributed by atoms with Crippen LogP contribution in [0.1, 0.15) is 46.3 Å². The summed E-state index contributed by atoms with van der Waals surface area (Å²) in [5, 5.41) is 2.70. The summed E-state index contributed by atoms with van der Waals surface area (Å²) in [6.07, 6.45) is -1.82. The van der Waals surface area contributed by atoms with Gasteiger partial charge in [0.1, 0.15) is 5.60 Å². The number of carbonyl (C=O) groups is 1. The van der Waals surface area contributed by atoms with Crippen molar-refractivity contribution in [1.29, 1.82) is 0 Å². The van der Waals surface area contributed by atoms with Gasteiger partial charge in [-0.3, -0.25) is 4.40 Å². The summed E-state index contributed by atoms with van der Waals surface area (Å²) in [6, 6.07) is 4.50. The average Bonchev–Trinajstić information content (AvgIpc) is 3.26. The summed E-state index contributed by atoms with van der Waals surface area (Å²) in [5.41, 5.74) is 5.21. The Labute approximate surface area is 225 Å². The second-order valence-electron chi connectivity index (χ2n) is 10.6. The molecule has 0 spiro atoms. The molecule has 1 atom stereocenters. The number of hydrogen-bond acceptors (Lipinski definition) is 7. The van der Waals surface area contributed by atoms with Crippen LogP contribution in [-0.2, 0) is 20.9 Å². The van der Waals surface area contributed by atoms with Crippen LogP contribution in [-0.4, -0.2) is 58.4 Å². The third-order valence-corrected chi connectivity index (χ3v) is 8.21. The largest absolute Gasteiger partial charge is 0.444 e. The van der Waals surface area contributed by atoms with Crippen LogP contribution < -0.4 is 11.1 Å². The number of amides is 1. The summed E-state index contributed by atoms with van der Waals surface area (Å²) >= 11 is 0. The molecule has 1 unspecified atom stereocenters. The first-order valence-corrected chi connectivity index (χ1v) is 13.8. The van der Waals surface area contributed by atoms with Crippen LogP contribution in [0.4, 0.5) is 23.8 Å². The predicted molar refractivity (Wildman–Crippen MR) is 140 cm³/mol. The van der Waals surface area contributed by atoms with Gasteiger partial charge in [-0.2, -0.15) is 17.5 Å². The van der Waals surface area contributed by atoms with Crippen molar-refractivity contribution >= 4 is 27.6 Å². The molecular weight excluding hydrogens is 537 g/mol. The van der Waals surface area contributed by atoms with E-state index in [1.54, 1.807) is 33.8 Å². The zero-order chi connectivity index (χ0) is 28.8. The molecule has 14 heteroatoms. The van der Waals surface area contributed by atoms with Gasteiger partial charge in [0.2, 0.25) is 10.0 Å². The second-order valence-corrected chi connectivity index (χ2v) is 12.5. The summed E-state index contributed by atoms with van der Waals surface area (Å²) < 4.78 is 75.1. The van der Waals surface area contributed by atoms with Gasteiger partial charge in [-0.05, 0) is 64.2 Å². The Kier molecular flexibility index (Phi) is 7.56. The zero-order valence-electron chi connectivity index (χ0n) is 22.0. The number of alkyl carbamates (subject to hydrolysis) is 1. The summed E-state index contributed by atoms with van der Waals surface area (Å²) in [6.45, 7) is 7.76. The molecule has 3 N–H and O–H groups in total. The van der Waals surface area contributed by atoms with Crippen molar-refractivity contribution in [2.45, 2.75) is 57.2 Å². The minimum absolute atomic E-state index is 0. The van der Waals surface area contributed by atoms with E-state index in [1.165, 1.54) is 27.0 Å². The Hall–Kier alpha value is -3.39. The Morgan fingerprint density at radius 1 is 1.28 bits per heavy atom. The standard InChI is InChI=1S/C25H31F3N6O4S.H2/c1-15-7-8-17(10-18(15)19-12-30-22-21(29)32-20(14-34(19)22)25(26,27)28)39(36,37)33-9-5-6-16(13-33)11-31-23(35)38-24(2,3)4;/h7-8,10,12,14,16H,5-6,9,11,13H2,1-4H3,(H2,29,32)(H,31,35);1H. The van der Waals surface area contributed by atoms with Crippen molar-refractivity contribution in [2.75, 3.05) is 25.4 Å². The van der Waals surface area contributed by atoms with Crippen molar-refractivity contribution in [2.24, 2.45) is 5.92 Å². The van der Waals surface area contributed by atoms with Gasteiger partial charge >= 0.3 is 12.3 Å². The van der Waals surface area contributed by atoms with E-state index in [9.17, 15) is 26.4 Å². The first kappa shape index (κ1) is 28.6. The lowest BCUT2D eigenvalue weighted by atomic mass is 10.00. The lowest BCUT2D eigenvalue weighted by molar-refractivity contribution is -0.141. The Bertz CT molecular complexity index is 1500. The topological polar surface area (TPSA) is 132 Å². The molecule has 0 saturated carbocycles. The number of piperidine rings is 1. The lowest BCUT2D eigenvalue weighted by Crippen LogP contribution is -2.44. The fourth-order valence-electron chi connectivity index (χ4n) is 4.49. The van der Waals surface area contributed by atoms with Gasteiger partial charge in [-0.1, -0.05) is 6.07 Å². The van der Waals surface area contributed by atoms with Crippen molar-refractivity contribution in [3.05, 3.63) is 41.9 Å². The molecule has 4 rings (SSSR count). The zero-order valence-corrected chi connectivity index (χ0v) is 22.9. The maximum absolute atomic E-state index is 13.6. The maximum atomic E-state index is 13.6. The van der Waals surface area contributed by atoms with Gasteiger partial charge in [0.25, 0.3) is 0 Å². The highest BCUT2D eigenvalue weighted by Gasteiger charge is 2.35. The number of hydrogen-bond donors (Lipinski definition) is 2. The van der Waals surface area contributed by atoms with Crippen LogP contribution in [0.2, 0.25) is 0 Å². The molecule has 0 aliphatic carbocycles. The smallest absolute Gasteiger partial charge is 0.434 e. The van der Waals surface area contributed by atoms with E-state index in [4.69, 9.17) is 10.5 Å². The highest BCUT2D eigenvalue weighted by molar-refractivity contribution is 7.89. The Balaban J connectivity index is 0.00000441. The third kappa shape index (κ3) is 6.27. The van der Waals surface area contributed by atoms with E-state index in [-0.39, 0.29) is 36.7 Å². The van der Waals surface area contributed by atoms with Crippen LogP contribution in [0.5, 0.6) is 0 Å². The molecule has 0 bridgehead atoms.